The molecule has 0 atom stereocenters. The summed E-state index contributed by atoms with van der Waals surface area (Å²) in [6.45, 7) is 11.2. The molecule has 1 fully saturated rings. The number of hydrogen-bond acceptors (Lipinski definition) is 5. The van der Waals surface area contributed by atoms with E-state index in [1.807, 2.05) is 85.1 Å². The van der Waals surface area contributed by atoms with Crippen LogP contribution in [0.1, 0.15) is 36.6 Å². The zero-order chi connectivity index (χ0) is 24.9. The van der Waals surface area contributed by atoms with Gasteiger partial charge in [-0.05, 0) is 56.2 Å². The van der Waals surface area contributed by atoms with Gasteiger partial charge in [-0.25, -0.2) is 9.99 Å². The first-order chi connectivity index (χ1) is 16.9. The summed E-state index contributed by atoms with van der Waals surface area (Å²) in [5.74, 6) is 1.36. The topological polar surface area (TPSA) is 59.8 Å². The Kier molecular flexibility index (Phi) is 7.25. The molecule has 0 N–H and O–H groups in total. The number of rotatable bonds is 7. The smallest absolute Gasteiger partial charge is 0.245 e. The highest BCUT2D eigenvalue weighted by Gasteiger charge is 2.29. The van der Waals surface area contributed by atoms with E-state index >= 15 is 0 Å². The molecule has 1 aliphatic rings. The first-order valence-electron chi connectivity index (χ1n) is 11.8. The van der Waals surface area contributed by atoms with Gasteiger partial charge in [0.1, 0.15) is 18.1 Å². The molecule has 1 aliphatic heterocycles. The first kappa shape index (κ1) is 24.1. The Hall–Kier alpha value is -4.00. The number of benzene rings is 2. The molecule has 1 amide bonds. The number of hydrogen-bond donors (Lipinski definition) is 0. The molecule has 0 aliphatic carbocycles. The number of aromatic nitrogens is 2. The minimum absolute atomic E-state index is 0.0281. The number of aryl methyl sites for hydroxylation is 2. The molecule has 3 aromatic rings. The number of morpholine rings is 1. The van der Waals surface area contributed by atoms with Crippen LogP contribution in [0.3, 0.4) is 0 Å². The molecule has 7 nitrogen and oxygen atoms in total. The second kappa shape index (κ2) is 10.5. The Morgan fingerprint density at radius 3 is 2.66 bits per heavy atom. The lowest BCUT2D eigenvalue weighted by atomic mass is 10.1. The van der Waals surface area contributed by atoms with Crippen molar-refractivity contribution in [2.24, 2.45) is 0 Å². The number of anilines is 1. The summed E-state index contributed by atoms with van der Waals surface area (Å²) in [5.41, 5.74) is 5.33. The monoisotopic (exact) mass is 472 g/mol. The number of methoxy groups -OCH3 is 1. The van der Waals surface area contributed by atoms with Crippen LogP contribution in [0, 0.1) is 13.8 Å². The number of carbonyl (C=O) groups is 1. The van der Waals surface area contributed by atoms with Gasteiger partial charge in [0, 0.05) is 12.6 Å². The predicted molar refractivity (Wildman–Crippen MR) is 138 cm³/mol. The van der Waals surface area contributed by atoms with E-state index in [4.69, 9.17) is 9.47 Å². The van der Waals surface area contributed by atoms with E-state index in [0.29, 0.717) is 31.0 Å². The summed E-state index contributed by atoms with van der Waals surface area (Å²) in [5, 5.41) is 3.64. The van der Waals surface area contributed by atoms with E-state index in [2.05, 4.69) is 11.6 Å². The van der Waals surface area contributed by atoms with Gasteiger partial charge in [-0.15, -0.1) is 0 Å². The van der Waals surface area contributed by atoms with Gasteiger partial charge in [-0.2, -0.15) is 0 Å². The van der Waals surface area contributed by atoms with E-state index in [-0.39, 0.29) is 5.91 Å². The Labute approximate surface area is 206 Å². The Bertz CT molecular complexity index is 1240. The molecular formula is C28H32N4O3. The molecule has 182 valence electrons. The van der Waals surface area contributed by atoms with Gasteiger partial charge in [0.25, 0.3) is 0 Å². The van der Waals surface area contributed by atoms with Crippen molar-refractivity contribution >= 4 is 17.7 Å². The SMILES string of the molecule is C=C1/C(=C/c2ccc(-n3cnc(C)c3)c(OC)c2)OCCN1N(C(=O)CCC)c1ccc(C)cc1. The van der Waals surface area contributed by atoms with Gasteiger partial charge < -0.3 is 14.0 Å². The van der Waals surface area contributed by atoms with Crippen molar-refractivity contribution in [2.45, 2.75) is 33.6 Å². The Balaban J connectivity index is 1.65. The van der Waals surface area contributed by atoms with Crippen LogP contribution in [-0.2, 0) is 9.53 Å². The molecule has 0 bridgehead atoms. The molecule has 7 heteroatoms. The van der Waals surface area contributed by atoms with E-state index in [9.17, 15) is 4.79 Å². The third-order valence-corrected chi connectivity index (χ3v) is 5.87. The number of imidazole rings is 1. The predicted octanol–water partition coefficient (Wildman–Crippen LogP) is 5.43. The average molecular weight is 473 g/mol. The van der Waals surface area contributed by atoms with E-state index < -0.39 is 0 Å². The van der Waals surface area contributed by atoms with Crippen LogP contribution >= 0.6 is 0 Å². The second-order valence-corrected chi connectivity index (χ2v) is 8.57. The van der Waals surface area contributed by atoms with Gasteiger partial charge in [-0.3, -0.25) is 9.80 Å². The van der Waals surface area contributed by atoms with Crippen LogP contribution in [0.4, 0.5) is 5.69 Å². The fourth-order valence-corrected chi connectivity index (χ4v) is 4.06. The highest BCUT2D eigenvalue weighted by Crippen LogP contribution is 2.31. The van der Waals surface area contributed by atoms with Crippen molar-refractivity contribution in [3.05, 3.63) is 89.8 Å². The molecule has 1 saturated heterocycles. The van der Waals surface area contributed by atoms with Crippen molar-refractivity contribution in [1.82, 2.24) is 14.6 Å². The summed E-state index contributed by atoms with van der Waals surface area (Å²) in [4.78, 5) is 17.5. The van der Waals surface area contributed by atoms with Crippen LogP contribution in [0.2, 0.25) is 0 Å². The maximum absolute atomic E-state index is 13.2. The quantitative estimate of drug-likeness (QED) is 0.459. The van der Waals surface area contributed by atoms with Crippen LogP contribution in [-0.4, -0.2) is 40.7 Å². The lowest BCUT2D eigenvalue weighted by Crippen LogP contribution is -2.49. The average Bonchev–Trinajstić information content (AvgIpc) is 3.28. The third-order valence-electron chi connectivity index (χ3n) is 5.87. The summed E-state index contributed by atoms with van der Waals surface area (Å²) < 4.78 is 13.6. The Morgan fingerprint density at radius 2 is 2.00 bits per heavy atom. The second-order valence-electron chi connectivity index (χ2n) is 8.57. The Morgan fingerprint density at radius 1 is 1.23 bits per heavy atom. The molecule has 1 aromatic heterocycles. The highest BCUT2D eigenvalue weighted by molar-refractivity contribution is 5.92. The highest BCUT2D eigenvalue weighted by atomic mass is 16.5. The van der Waals surface area contributed by atoms with Crippen LogP contribution in [0.15, 0.2) is 73.0 Å². The standard InChI is InChI=1S/C28H32N4O3/c1-6-7-28(33)32(24-11-8-20(2)9-12-24)31-14-15-35-26(22(31)4)16-23-10-13-25(27(17-23)34-5)30-18-21(3)29-19-30/h8-13,16-19H,4,6-7,14-15H2,1-3,5H3/b26-16-. The largest absolute Gasteiger partial charge is 0.495 e. The van der Waals surface area contributed by atoms with E-state index in [0.717, 1.165) is 40.4 Å². The lowest BCUT2D eigenvalue weighted by Gasteiger charge is -2.41. The maximum atomic E-state index is 13.2. The number of carbonyl (C=O) groups excluding carboxylic acids is 1. The number of amides is 1. The van der Waals surface area contributed by atoms with Crippen LogP contribution < -0.4 is 9.75 Å². The zero-order valence-corrected chi connectivity index (χ0v) is 20.8. The number of nitrogens with zero attached hydrogens (tertiary/aromatic N) is 4. The molecule has 0 spiro atoms. The van der Waals surface area contributed by atoms with E-state index in [1.165, 1.54) is 0 Å². The molecular weight excluding hydrogens is 440 g/mol. The molecule has 2 aromatic carbocycles. The van der Waals surface area contributed by atoms with Crippen LogP contribution in [0.25, 0.3) is 11.8 Å². The zero-order valence-electron chi connectivity index (χ0n) is 20.8. The first-order valence-corrected chi connectivity index (χ1v) is 11.8. The molecule has 35 heavy (non-hydrogen) atoms. The molecule has 0 unspecified atom stereocenters. The summed E-state index contributed by atoms with van der Waals surface area (Å²) in [6.07, 6.45) is 6.86. The maximum Gasteiger partial charge on any atom is 0.245 e. The van der Waals surface area contributed by atoms with Gasteiger partial charge >= 0.3 is 0 Å². The van der Waals surface area contributed by atoms with Gasteiger partial charge in [0.15, 0.2) is 0 Å². The van der Waals surface area contributed by atoms with Crippen molar-refractivity contribution in [3.63, 3.8) is 0 Å². The number of hydrazine groups is 1. The normalized spacial score (nSPS) is 14.7. The van der Waals surface area contributed by atoms with Crippen LogP contribution in [0.5, 0.6) is 5.75 Å². The molecule has 0 radical (unpaired) electrons. The van der Waals surface area contributed by atoms with Crippen molar-refractivity contribution < 1.29 is 14.3 Å². The minimum atomic E-state index is 0.0281. The van der Waals surface area contributed by atoms with Gasteiger partial charge in [-0.1, -0.05) is 37.3 Å². The summed E-state index contributed by atoms with van der Waals surface area (Å²) >= 11 is 0. The molecule has 0 saturated carbocycles. The summed E-state index contributed by atoms with van der Waals surface area (Å²) in [6, 6.07) is 13.9. The lowest BCUT2D eigenvalue weighted by molar-refractivity contribution is -0.121. The fourth-order valence-electron chi connectivity index (χ4n) is 4.06. The third kappa shape index (κ3) is 5.24. The number of ether oxygens (including phenoxy) is 2. The van der Waals surface area contributed by atoms with Crippen molar-refractivity contribution in [3.8, 4) is 11.4 Å². The van der Waals surface area contributed by atoms with Crippen molar-refractivity contribution in [2.75, 3.05) is 25.3 Å². The van der Waals surface area contributed by atoms with Gasteiger partial charge in [0.2, 0.25) is 5.91 Å². The minimum Gasteiger partial charge on any atom is -0.495 e. The van der Waals surface area contributed by atoms with Crippen molar-refractivity contribution in [1.29, 1.82) is 0 Å². The molecule has 4 rings (SSSR count). The van der Waals surface area contributed by atoms with E-state index in [1.54, 1.807) is 18.4 Å². The summed E-state index contributed by atoms with van der Waals surface area (Å²) in [7, 11) is 1.65. The molecule has 2 heterocycles. The van der Waals surface area contributed by atoms with Gasteiger partial charge in [0.05, 0.1) is 42.7 Å². The fraction of sp³-hybridized carbons (Fsp3) is 0.286.